The van der Waals surface area contributed by atoms with Crippen molar-refractivity contribution >= 4 is 11.6 Å². The summed E-state index contributed by atoms with van der Waals surface area (Å²) in [5, 5.41) is 0.552. The highest BCUT2D eigenvalue weighted by Gasteiger charge is 2.27. The van der Waals surface area contributed by atoms with Crippen molar-refractivity contribution < 1.29 is 4.39 Å². The Hall–Kier alpha value is -0.680. The molecule has 1 aromatic carbocycles. The van der Waals surface area contributed by atoms with Gasteiger partial charge in [0.15, 0.2) is 0 Å². The van der Waals surface area contributed by atoms with Gasteiger partial charge < -0.3 is 10.6 Å². The lowest BCUT2D eigenvalue weighted by molar-refractivity contribution is 0.108. The first kappa shape index (κ1) is 15.7. The van der Waals surface area contributed by atoms with Gasteiger partial charge in [0, 0.05) is 29.2 Å². The van der Waals surface area contributed by atoms with Crippen LogP contribution in [0.2, 0.25) is 5.02 Å². The Labute approximate surface area is 125 Å². The van der Waals surface area contributed by atoms with Gasteiger partial charge in [-0.3, -0.25) is 4.90 Å². The summed E-state index contributed by atoms with van der Waals surface area (Å²) in [6.45, 7) is 2.54. The lowest BCUT2D eigenvalue weighted by Crippen LogP contribution is -2.45. The van der Waals surface area contributed by atoms with Gasteiger partial charge in [-0.1, -0.05) is 11.6 Å². The molecule has 1 aliphatic rings. The standard InChI is InChI=1S/C15H23ClFN3/c1-19-7-5-12(6-8-19)20(2)15(10-18)13-9-11(16)3-4-14(13)17/h3-4,9,12,15H,5-8,10,18H2,1-2H3. The van der Waals surface area contributed by atoms with Crippen molar-refractivity contribution in [3.63, 3.8) is 0 Å². The molecule has 2 rings (SSSR count). The van der Waals surface area contributed by atoms with Gasteiger partial charge in [0.2, 0.25) is 0 Å². The molecule has 0 bridgehead atoms. The quantitative estimate of drug-likeness (QED) is 0.927. The molecule has 0 saturated carbocycles. The molecule has 20 heavy (non-hydrogen) atoms. The minimum absolute atomic E-state index is 0.123. The van der Waals surface area contributed by atoms with Crippen LogP contribution in [0, 0.1) is 5.82 Å². The van der Waals surface area contributed by atoms with Gasteiger partial charge in [-0.15, -0.1) is 0 Å². The molecule has 2 N–H and O–H groups in total. The predicted molar refractivity (Wildman–Crippen MR) is 81.5 cm³/mol. The molecule has 1 fully saturated rings. The summed E-state index contributed by atoms with van der Waals surface area (Å²) in [6.07, 6.45) is 2.18. The topological polar surface area (TPSA) is 32.5 Å². The number of hydrogen-bond acceptors (Lipinski definition) is 3. The van der Waals surface area contributed by atoms with E-state index in [4.69, 9.17) is 17.3 Å². The Bertz CT molecular complexity index is 447. The second-order valence-corrected chi connectivity index (χ2v) is 6.05. The fourth-order valence-electron chi connectivity index (χ4n) is 2.94. The van der Waals surface area contributed by atoms with E-state index in [1.807, 2.05) is 7.05 Å². The second-order valence-electron chi connectivity index (χ2n) is 5.62. The first-order valence-corrected chi connectivity index (χ1v) is 7.46. The minimum Gasteiger partial charge on any atom is -0.329 e. The average Bonchev–Trinajstić information content (AvgIpc) is 2.44. The number of benzene rings is 1. The predicted octanol–water partition coefficient (Wildman–Crippen LogP) is 2.50. The fraction of sp³-hybridized carbons (Fsp3) is 0.600. The maximum Gasteiger partial charge on any atom is 0.128 e. The van der Waals surface area contributed by atoms with Gasteiger partial charge in [-0.2, -0.15) is 0 Å². The number of rotatable bonds is 4. The van der Waals surface area contributed by atoms with E-state index in [0.29, 0.717) is 23.2 Å². The summed E-state index contributed by atoms with van der Waals surface area (Å²) in [5.74, 6) is -0.232. The van der Waals surface area contributed by atoms with Gasteiger partial charge >= 0.3 is 0 Å². The van der Waals surface area contributed by atoms with Crippen molar-refractivity contribution in [3.8, 4) is 0 Å². The molecular formula is C15H23ClFN3. The van der Waals surface area contributed by atoms with Crippen LogP contribution in [-0.2, 0) is 0 Å². The molecule has 1 saturated heterocycles. The van der Waals surface area contributed by atoms with Crippen molar-refractivity contribution in [1.29, 1.82) is 0 Å². The van der Waals surface area contributed by atoms with E-state index in [0.717, 1.165) is 25.9 Å². The van der Waals surface area contributed by atoms with E-state index < -0.39 is 0 Å². The third-order valence-corrected chi connectivity index (χ3v) is 4.53. The molecule has 0 aromatic heterocycles. The SMILES string of the molecule is CN1CCC(N(C)C(CN)c2cc(Cl)ccc2F)CC1. The highest BCUT2D eigenvalue weighted by molar-refractivity contribution is 6.30. The Morgan fingerprint density at radius 1 is 1.45 bits per heavy atom. The summed E-state index contributed by atoms with van der Waals surface area (Å²) in [6, 6.07) is 5.01. The highest BCUT2D eigenvalue weighted by Crippen LogP contribution is 2.28. The van der Waals surface area contributed by atoms with Crippen LogP contribution in [-0.4, -0.2) is 49.6 Å². The van der Waals surface area contributed by atoms with Crippen molar-refractivity contribution in [2.45, 2.75) is 24.9 Å². The van der Waals surface area contributed by atoms with Crippen LogP contribution in [0.5, 0.6) is 0 Å². The van der Waals surface area contributed by atoms with Gasteiger partial charge in [-0.25, -0.2) is 4.39 Å². The zero-order chi connectivity index (χ0) is 14.7. The number of likely N-dealkylation sites (tertiary alicyclic amines) is 1. The van der Waals surface area contributed by atoms with Crippen molar-refractivity contribution in [2.75, 3.05) is 33.7 Å². The lowest BCUT2D eigenvalue weighted by Gasteiger charge is -2.39. The fourth-order valence-corrected chi connectivity index (χ4v) is 3.12. The number of halogens is 2. The first-order valence-electron chi connectivity index (χ1n) is 7.08. The number of likely N-dealkylation sites (N-methyl/N-ethyl adjacent to an activating group) is 1. The Morgan fingerprint density at radius 3 is 2.70 bits per heavy atom. The van der Waals surface area contributed by atoms with Gasteiger partial charge in [0.1, 0.15) is 5.82 Å². The molecule has 3 nitrogen and oxygen atoms in total. The molecule has 0 amide bonds. The normalized spacial score (nSPS) is 19.5. The molecule has 1 aromatic rings. The van der Waals surface area contributed by atoms with Gasteiger partial charge in [0.05, 0.1) is 0 Å². The Kier molecular flexibility index (Phi) is 5.38. The van der Waals surface area contributed by atoms with E-state index in [1.165, 1.54) is 6.07 Å². The Morgan fingerprint density at radius 2 is 2.10 bits per heavy atom. The third-order valence-electron chi connectivity index (χ3n) is 4.30. The smallest absolute Gasteiger partial charge is 0.128 e. The molecular weight excluding hydrogens is 277 g/mol. The average molecular weight is 300 g/mol. The number of hydrogen-bond donors (Lipinski definition) is 1. The van der Waals surface area contributed by atoms with Crippen molar-refractivity contribution in [2.24, 2.45) is 5.73 Å². The number of piperidine rings is 1. The van der Waals surface area contributed by atoms with E-state index >= 15 is 0 Å². The molecule has 0 radical (unpaired) electrons. The zero-order valence-corrected chi connectivity index (χ0v) is 12.9. The molecule has 1 aliphatic heterocycles. The van der Waals surface area contributed by atoms with Crippen molar-refractivity contribution in [1.82, 2.24) is 9.80 Å². The van der Waals surface area contributed by atoms with Crippen LogP contribution < -0.4 is 5.73 Å². The van der Waals surface area contributed by atoms with Crippen LogP contribution in [0.1, 0.15) is 24.4 Å². The van der Waals surface area contributed by atoms with E-state index in [1.54, 1.807) is 12.1 Å². The minimum atomic E-state index is -0.232. The summed E-state index contributed by atoms with van der Waals surface area (Å²) in [5.41, 5.74) is 6.50. The van der Waals surface area contributed by atoms with E-state index in [9.17, 15) is 4.39 Å². The van der Waals surface area contributed by atoms with Crippen molar-refractivity contribution in [3.05, 3.63) is 34.6 Å². The second kappa shape index (κ2) is 6.85. The molecule has 0 spiro atoms. The number of nitrogens with two attached hydrogens (primary N) is 1. The summed E-state index contributed by atoms with van der Waals surface area (Å²) in [4.78, 5) is 4.53. The molecule has 0 aliphatic carbocycles. The molecule has 5 heteroatoms. The molecule has 1 heterocycles. The Balaban J connectivity index is 2.16. The van der Waals surface area contributed by atoms with Crippen LogP contribution >= 0.6 is 11.6 Å². The highest BCUT2D eigenvalue weighted by atomic mass is 35.5. The summed E-state index contributed by atoms with van der Waals surface area (Å²) >= 11 is 5.99. The maximum atomic E-state index is 14.0. The van der Waals surface area contributed by atoms with Gasteiger partial charge in [0.25, 0.3) is 0 Å². The van der Waals surface area contributed by atoms with E-state index in [2.05, 4.69) is 16.8 Å². The molecule has 112 valence electrons. The number of nitrogens with zero attached hydrogens (tertiary/aromatic N) is 2. The van der Waals surface area contributed by atoms with Crippen LogP contribution in [0.25, 0.3) is 0 Å². The molecule has 1 unspecified atom stereocenters. The van der Waals surface area contributed by atoms with E-state index in [-0.39, 0.29) is 11.9 Å². The maximum absolute atomic E-state index is 14.0. The molecule has 1 atom stereocenters. The first-order chi connectivity index (χ1) is 9.52. The zero-order valence-electron chi connectivity index (χ0n) is 12.1. The van der Waals surface area contributed by atoms with Crippen LogP contribution in [0.3, 0.4) is 0 Å². The van der Waals surface area contributed by atoms with Crippen LogP contribution in [0.4, 0.5) is 4.39 Å². The summed E-state index contributed by atoms with van der Waals surface area (Å²) < 4.78 is 14.0. The lowest BCUT2D eigenvalue weighted by atomic mass is 9.98. The third kappa shape index (κ3) is 3.50. The monoisotopic (exact) mass is 299 g/mol. The van der Waals surface area contributed by atoms with Crippen LogP contribution in [0.15, 0.2) is 18.2 Å². The summed E-state index contributed by atoms with van der Waals surface area (Å²) in [7, 11) is 4.17. The van der Waals surface area contributed by atoms with Gasteiger partial charge in [-0.05, 0) is 58.2 Å². The largest absolute Gasteiger partial charge is 0.329 e.